The van der Waals surface area contributed by atoms with Gasteiger partial charge in [0.15, 0.2) is 0 Å². The Morgan fingerprint density at radius 1 is 1.35 bits per heavy atom. The minimum atomic E-state index is -0.0380. The standard InChI is InChI=1S/C18H25N3O2/c1-5-13(2)15-6-8-16(9-7-15)19-18(22)12-21(4)11-17-10-14(3)23-20-17/h6-10,13H,5,11-12H2,1-4H3,(H,19,22). The first-order valence-corrected chi connectivity index (χ1v) is 7.98. The molecule has 0 aliphatic rings. The van der Waals surface area contributed by atoms with Crippen LogP contribution in [0.1, 0.15) is 43.2 Å². The van der Waals surface area contributed by atoms with Crippen LogP contribution in [0.3, 0.4) is 0 Å². The van der Waals surface area contributed by atoms with E-state index in [9.17, 15) is 4.79 Å². The highest BCUT2D eigenvalue weighted by Crippen LogP contribution is 2.20. The molecule has 1 unspecified atom stereocenters. The number of nitrogens with zero attached hydrogens (tertiary/aromatic N) is 2. The molecule has 0 saturated carbocycles. The van der Waals surface area contributed by atoms with E-state index in [1.54, 1.807) is 0 Å². The van der Waals surface area contributed by atoms with Crippen LogP contribution in [0.5, 0.6) is 0 Å². The van der Waals surface area contributed by atoms with E-state index in [-0.39, 0.29) is 5.91 Å². The second-order valence-electron chi connectivity index (χ2n) is 6.08. The summed E-state index contributed by atoms with van der Waals surface area (Å²) in [6.45, 7) is 7.11. The molecule has 1 atom stereocenters. The van der Waals surface area contributed by atoms with Crippen LogP contribution >= 0.6 is 0 Å². The van der Waals surface area contributed by atoms with Crippen molar-refractivity contribution in [3.05, 3.63) is 47.3 Å². The van der Waals surface area contributed by atoms with Crippen LogP contribution in [-0.4, -0.2) is 29.6 Å². The molecule has 0 aliphatic heterocycles. The summed E-state index contributed by atoms with van der Waals surface area (Å²) in [4.78, 5) is 14.0. The van der Waals surface area contributed by atoms with E-state index < -0.39 is 0 Å². The molecule has 5 nitrogen and oxygen atoms in total. The number of anilines is 1. The van der Waals surface area contributed by atoms with Crippen LogP contribution in [0.2, 0.25) is 0 Å². The summed E-state index contributed by atoms with van der Waals surface area (Å²) in [6, 6.07) is 9.94. The molecule has 0 bridgehead atoms. The summed E-state index contributed by atoms with van der Waals surface area (Å²) in [6.07, 6.45) is 1.11. The number of aromatic nitrogens is 1. The fraction of sp³-hybridized carbons (Fsp3) is 0.444. The van der Waals surface area contributed by atoms with E-state index in [0.29, 0.717) is 19.0 Å². The van der Waals surface area contributed by atoms with Crippen LogP contribution < -0.4 is 5.32 Å². The largest absolute Gasteiger partial charge is 0.361 e. The lowest BCUT2D eigenvalue weighted by Gasteiger charge is -2.15. The first kappa shape index (κ1) is 17.2. The van der Waals surface area contributed by atoms with Crippen molar-refractivity contribution in [3.8, 4) is 0 Å². The van der Waals surface area contributed by atoms with Crippen molar-refractivity contribution in [3.63, 3.8) is 0 Å². The van der Waals surface area contributed by atoms with Gasteiger partial charge in [-0.15, -0.1) is 0 Å². The molecule has 0 radical (unpaired) electrons. The highest BCUT2D eigenvalue weighted by Gasteiger charge is 2.10. The molecule has 0 fully saturated rings. The first-order valence-electron chi connectivity index (χ1n) is 7.98. The Morgan fingerprint density at radius 3 is 2.61 bits per heavy atom. The topological polar surface area (TPSA) is 58.4 Å². The highest BCUT2D eigenvalue weighted by atomic mass is 16.5. The molecule has 2 rings (SSSR count). The molecule has 1 aromatic carbocycles. The van der Waals surface area contributed by atoms with E-state index in [1.807, 2.05) is 37.1 Å². The van der Waals surface area contributed by atoms with Crippen molar-refractivity contribution in [2.45, 2.75) is 39.7 Å². The lowest BCUT2D eigenvalue weighted by Crippen LogP contribution is -2.29. The number of nitrogens with one attached hydrogen (secondary N) is 1. The van der Waals surface area contributed by atoms with Crippen molar-refractivity contribution in [1.29, 1.82) is 0 Å². The molecule has 5 heteroatoms. The van der Waals surface area contributed by atoms with Gasteiger partial charge in [-0.3, -0.25) is 9.69 Å². The van der Waals surface area contributed by atoms with E-state index >= 15 is 0 Å². The van der Waals surface area contributed by atoms with Crippen LogP contribution in [0, 0.1) is 6.92 Å². The third-order valence-electron chi connectivity index (χ3n) is 3.90. The SMILES string of the molecule is CCC(C)c1ccc(NC(=O)CN(C)Cc2cc(C)on2)cc1. The molecular formula is C18H25N3O2. The van der Waals surface area contributed by atoms with E-state index in [4.69, 9.17) is 4.52 Å². The number of carbonyl (C=O) groups is 1. The van der Waals surface area contributed by atoms with Gasteiger partial charge in [0.05, 0.1) is 12.2 Å². The van der Waals surface area contributed by atoms with Crippen LogP contribution in [0.4, 0.5) is 5.69 Å². The summed E-state index contributed by atoms with van der Waals surface area (Å²) in [5, 5.41) is 6.86. The van der Waals surface area contributed by atoms with Crippen molar-refractivity contribution in [2.24, 2.45) is 0 Å². The Morgan fingerprint density at radius 2 is 2.04 bits per heavy atom. The fourth-order valence-electron chi connectivity index (χ4n) is 2.40. The zero-order valence-corrected chi connectivity index (χ0v) is 14.3. The average molecular weight is 315 g/mol. The van der Waals surface area contributed by atoms with E-state index in [2.05, 4.69) is 36.5 Å². The zero-order valence-electron chi connectivity index (χ0n) is 14.3. The Balaban J connectivity index is 1.84. The minimum Gasteiger partial charge on any atom is -0.361 e. The monoisotopic (exact) mass is 315 g/mol. The third-order valence-corrected chi connectivity index (χ3v) is 3.90. The minimum absolute atomic E-state index is 0.0380. The van der Waals surface area contributed by atoms with Crippen LogP contribution in [0.25, 0.3) is 0 Å². The fourth-order valence-corrected chi connectivity index (χ4v) is 2.40. The summed E-state index contributed by atoms with van der Waals surface area (Å²) in [5.41, 5.74) is 2.95. The molecule has 0 spiro atoms. The molecule has 1 aromatic heterocycles. The molecule has 1 heterocycles. The summed E-state index contributed by atoms with van der Waals surface area (Å²) in [7, 11) is 1.88. The normalized spacial score (nSPS) is 12.4. The average Bonchev–Trinajstić information content (AvgIpc) is 2.91. The highest BCUT2D eigenvalue weighted by molar-refractivity contribution is 5.92. The zero-order chi connectivity index (χ0) is 16.8. The van der Waals surface area contributed by atoms with Crippen molar-refractivity contribution < 1.29 is 9.32 Å². The molecule has 1 amide bonds. The molecular weight excluding hydrogens is 290 g/mol. The van der Waals surface area contributed by atoms with Crippen molar-refractivity contribution in [2.75, 3.05) is 18.9 Å². The maximum atomic E-state index is 12.1. The Kier molecular flexibility index (Phi) is 5.93. The van der Waals surface area contributed by atoms with E-state index in [1.165, 1.54) is 5.56 Å². The molecule has 2 aromatic rings. The van der Waals surface area contributed by atoms with Gasteiger partial charge in [-0.05, 0) is 44.0 Å². The predicted molar refractivity (Wildman–Crippen MR) is 91.4 cm³/mol. The van der Waals surface area contributed by atoms with Gasteiger partial charge in [0, 0.05) is 18.3 Å². The van der Waals surface area contributed by atoms with Gasteiger partial charge in [-0.2, -0.15) is 0 Å². The number of hydrogen-bond donors (Lipinski definition) is 1. The number of likely N-dealkylation sites (N-methyl/N-ethyl adjacent to an activating group) is 1. The van der Waals surface area contributed by atoms with Gasteiger partial charge in [0.2, 0.25) is 5.91 Å². The molecule has 124 valence electrons. The Bertz CT molecular complexity index is 634. The Hall–Kier alpha value is -2.14. The molecule has 1 N–H and O–H groups in total. The summed E-state index contributed by atoms with van der Waals surface area (Å²) >= 11 is 0. The maximum absolute atomic E-state index is 12.1. The van der Waals surface area contributed by atoms with Gasteiger partial charge in [-0.1, -0.05) is 31.1 Å². The number of benzene rings is 1. The van der Waals surface area contributed by atoms with Gasteiger partial charge >= 0.3 is 0 Å². The molecule has 0 aliphatic carbocycles. The number of carbonyl (C=O) groups excluding carboxylic acids is 1. The lowest BCUT2D eigenvalue weighted by atomic mass is 9.99. The van der Waals surface area contributed by atoms with Crippen LogP contribution in [0.15, 0.2) is 34.9 Å². The lowest BCUT2D eigenvalue weighted by molar-refractivity contribution is -0.117. The third kappa shape index (κ3) is 5.21. The van der Waals surface area contributed by atoms with Crippen molar-refractivity contribution in [1.82, 2.24) is 10.1 Å². The number of hydrogen-bond acceptors (Lipinski definition) is 4. The summed E-state index contributed by atoms with van der Waals surface area (Å²) < 4.78 is 5.03. The second kappa shape index (κ2) is 7.92. The maximum Gasteiger partial charge on any atom is 0.238 e. The first-order chi connectivity index (χ1) is 11.0. The summed E-state index contributed by atoms with van der Waals surface area (Å²) in [5.74, 6) is 1.28. The quantitative estimate of drug-likeness (QED) is 0.848. The Labute approximate surface area is 137 Å². The van der Waals surface area contributed by atoms with E-state index in [0.717, 1.165) is 23.6 Å². The predicted octanol–water partition coefficient (Wildman–Crippen LogP) is 3.57. The van der Waals surface area contributed by atoms with Gasteiger partial charge in [0.1, 0.15) is 5.76 Å². The smallest absolute Gasteiger partial charge is 0.238 e. The van der Waals surface area contributed by atoms with Gasteiger partial charge < -0.3 is 9.84 Å². The van der Waals surface area contributed by atoms with Gasteiger partial charge in [0.25, 0.3) is 0 Å². The molecule has 0 saturated heterocycles. The van der Waals surface area contributed by atoms with Crippen LogP contribution in [-0.2, 0) is 11.3 Å². The second-order valence-corrected chi connectivity index (χ2v) is 6.08. The van der Waals surface area contributed by atoms with Crippen molar-refractivity contribution >= 4 is 11.6 Å². The number of amides is 1. The number of aryl methyl sites for hydroxylation is 1. The number of rotatable bonds is 7. The molecule has 23 heavy (non-hydrogen) atoms. The van der Waals surface area contributed by atoms with Gasteiger partial charge in [-0.25, -0.2) is 0 Å².